The normalized spacial score (nSPS) is 14.5. The molecule has 2 heterocycles. The smallest absolute Gasteiger partial charge is 0.307 e. The number of carbonyl (C=O) groups excluding carboxylic acids is 1. The Bertz CT molecular complexity index is 1350. The first-order chi connectivity index (χ1) is 16.1. The van der Waals surface area contributed by atoms with E-state index in [1.165, 1.54) is 47.3 Å². The van der Waals surface area contributed by atoms with Gasteiger partial charge in [-0.15, -0.1) is 0 Å². The Balaban J connectivity index is 1.44. The van der Waals surface area contributed by atoms with Crippen molar-refractivity contribution in [2.24, 2.45) is 7.05 Å². The molecule has 0 unspecified atom stereocenters. The number of piperidine rings is 1. The monoisotopic (exact) mass is 457 g/mol. The van der Waals surface area contributed by atoms with E-state index in [0.29, 0.717) is 11.3 Å². The minimum absolute atomic E-state index is 0.00710. The van der Waals surface area contributed by atoms with Crippen molar-refractivity contribution in [3.63, 3.8) is 0 Å². The van der Waals surface area contributed by atoms with Crippen LogP contribution in [0.25, 0.3) is 21.3 Å². The van der Waals surface area contributed by atoms with Crippen LogP contribution in [0.1, 0.15) is 35.2 Å². The molecule has 4 aromatic rings. The van der Waals surface area contributed by atoms with Gasteiger partial charge >= 0.3 is 4.87 Å². The summed E-state index contributed by atoms with van der Waals surface area (Å²) >= 11 is 1.21. The van der Waals surface area contributed by atoms with Crippen LogP contribution < -0.4 is 10.2 Å². The number of carbonyl (C=O) groups is 1. The zero-order chi connectivity index (χ0) is 22.8. The lowest BCUT2D eigenvalue weighted by molar-refractivity contribution is 0.102. The summed E-state index contributed by atoms with van der Waals surface area (Å²) in [7, 11) is 1.75. The number of thiazole rings is 1. The van der Waals surface area contributed by atoms with Crippen LogP contribution in [-0.4, -0.2) is 28.5 Å². The molecule has 1 aromatic heterocycles. The molecule has 5 nitrogen and oxygen atoms in total. The quantitative estimate of drug-likeness (QED) is 0.430. The third-order valence-corrected chi connectivity index (χ3v) is 7.36. The second-order valence-corrected chi connectivity index (χ2v) is 9.63. The van der Waals surface area contributed by atoms with Gasteiger partial charge in [-0.1, -0.05) is 54.2 Å². The van der Waals surface area contributed by atoms with Gasteiger partial charge in [0.15, 0.2) is 0 Å². The van der Waals surface area contributed by atoms with Gasteiger partial charge < -0.3 is 9.88 Å². The Morgan fingerprint density at radius 3 is 2.55 bits per heavy atom. The number of likely N-dealkylation sites (tertiary alicyclic amines) is 1. The highest BCUT2D eigenvalue weighted by Crippen LogP contribution is 2.28. The van der Waals surface area contributed by atoms with Gasteiger partial charge in [0.1, 0.15) is 0 Å². The van der Waals surface area contributed by atoms with E-state index < -0.39 is 0 Å². The van der Waals surface area contributed by atoms with Crippen LogP contribution >= 0.6 is 11.3 Å². The summed E-state index contributed by atoms with van der Waals surface area (Å²) in [6.07, 6.45) is 3.76. The van der Waals surface area contributed by atoms with Crippen LogP contribution in [0, 0.1) is 0 Å². The Kier molecular flexibility index (Phi) is 6.11. The molecule has 1 N–H and O–H groups in total. The number of aromatic nitrogens is 1. The molecule has 168 valence electrons. The molecule has 0 spiro atoms. The van der Waals surface area contributed by atoms with Crippen LogP contribution in [0.4, 0.5) is 5.69 Å². The molecular weight excluding hydrogens is 430 g/mol. The molecular formula is C27H27N3O2S. The predicted molar refractivity (Wildman–Crippen MR) is 136 cm³/mol. The Morgan fingerprint density at radius 2 is 1.76 bits per heavy atom. The summed E-state index contributed by atoms with van der Waals surface area (Å²) in [4.78, 5) is 27.6. The summed E-state index contributed by atoms with van der Waals surface area (Å²) < 4.78 is 2.53. The van der Waals surface area contributed by atoms with Crippen LogP contribution in [0.3, 0.4) is 0 Å². The highest BCUT2D eigenvalue weighted by molar-refractivity contribution is 7.16. The van der Waals surface area contributed by atoms with Crippen molar-refractivity contribution in [1.82, 2.24) is 9.47 Å². The molecule has 0 atom stereocenters. The van der Waals surface area contributed by atoms with Crippen molar-refractivity contribution in [3.05, 3.63) is 87.5 Å². The first-order valence-electron chi connectivity index (χ1n) is 11.4. The fourth-order valence-electron chi connectivity index (χ4n) is 4.53. The van der Waals surface area contributed by atoms with Gasteiger partial charge in [0.2, 0.25) is 0 Å². The van der Waals surface area contributed by atoms with E-state index in [1.54, 1.807) is 11.6 Å². The maximum Gasteiger partial charge on any atom is 0.307 e. The summed E-state index contributed by atoms with van der Waals surface area (Å²) in [6, 6.07) is 22.0. The zero-order valence-corrected chi connectivity index (χ0v) is 19.5. The number of hydrogen-bond acceptors (Lipinski definition) is 4. The van der Waals surface area contributed by atoms with Crippen molar-refractivity contribution < 1.29 is 4.79 Å². The maximum absolute atomic E-state index is 13.1. The molecule has 1 fully saturated rings. The standard InChI is InChI=1S/C27H27N3O2S/c1-29-24-17-22(11-13-25(24)33-27(29)32)28-26(31)20-10-12-23(19-8-4-2-5-9-19)21(16-20)18-30-14-6-3-7-15-30/h2,4-5,8-13,16-17H,3,6-7,14-15,18H2,1H3,(H,28,31). The number of anilines is 1. The average molecular weight is 458 g/mol. The summed E-state index contributed by atoms with van der Waals surface area (Å²) in [5.74, 6) is -0.144. The Hall–Kier alpha value is -3.22. The zero-order valence-electron chi connectivity index (χ0n) is 18.7. The van der Waals surface area contributed by atoms with E-state index in [9.17, 15) is 9.59 Å². The fourth-order valence-corrected chi connectivity index (χ4v) is 5.39. The van der Waals surface area contributed by atoms with Crippen molar-refractivity contribution >= 4 is 33.1 Å². The van der Waals surface area contributed by atoms with Crippen LogP contribution in [-0.2, 0) is 13.6 Å². The highest BCUT2D eigenvalue weighted by Gasteiger charge is 2.16. The third kappa shape index (κ3) is 4.63. The molecule has 0 bridgehead atoms. The van der Waals surface area contributed by atoms with E-state index in [1.807, 2.05) is 36.4 Å². The van der Waals surface area contributed by atoms with Gasteiger partial charge in [0.25, 0.3) is 5.91 Å². The SMILES string of the molecule is Cn1c(=O)sc2ccc(NC(=O)c3ccc(-c4ccccc4)c(CN4CCCCC4)c3)cc21. The van der Waals surface area contributed by atoms with Gasteiger partial charge in [-0.25, -0.2) is 0 Å². The number of aryl methyl sites for hydroxylation is 1. The Morgan fingerprint density at radius 1 is 0.970 bits per heavy atom. The maximum atomic E-state index is 13.1. The average Bonchev–Trinajstić information content (AvgIpc) is 3.13. The minimum atomic E-state index is -0.144. The van der Waals surface area contributed by atoms with Gasteiger partial charge in [-0.3, -0.25) is 14.5 Å². The summed E-state index contributed by atoms with van der Waals surface area (Å²) in [6.45, 7) is 3.04. The molecule has 0 radical (unpaired) electrons. The number of hydrogen-bond donors (Lipinski definition) is 1. The molecule has 1 aliphatic rings. The van der Waals surface area contributed by atoms with Gasteiger partial charge in [-0.05, 0) is 73.0 Å². The van der Waals surface area contributed by atoms with Crippen molar-refractivity contribution in [1.29, 1.82) is 0 Å². The highest BCUT2D eigenvalue weighted by atomic mass is 32.1. The molecule has 0 aliphatic carbocycles. The van der Waals surface area contributed by atoms with Crippen molar-refractivity contribution in [3.8, 4) is 11.1 Å². The number of benzene rings is 3. The first-order valence-corrected chi connectivity index (χ1v) is 12.2. The number of fused-ring (bicyclic) bond motifs is 1. The van der Waals surface area contributed by atoms with E-state index in [4.69, 9.17) is 0 Å². The molecule has 0 saturated carbocycles. The van der Waals surface area contributed by atoms with Crippen LogP contribution in [0.5, 0.6) is 0 Å². The number of nitrogens with one attached hydrogen (secondary N) is 1. The number of amides is 1. The minimum Gasteiger partial charge on any atom is -0.322 e. The van der Waals surface area contributed by atoms with Crippen molar-refractivity contribution in [2.75, 3.05) is 18.4 Å². The lowest BCUT2D eigenvalue weighted by Crippen LogP contribution is -2.29. The number of nitrogens with zero attached hydrogens (tertiary/aromatic N) is 2. The van der Waals surface area contributed by atoms with Gasteiger partial charge in [0.05, 0.1) is 10.2 Å². The first kappa shape index (κ1) is 21.6. The summed E-state index contributed by atoms with van der Waals surface area (Å²) in [5, 5.41) is 3.01. The predicted octanol–water partition coefficient (Wildman–Crippen LogP) is 5.51. The molecule has 1 saturated heterocycles. The fraction of sp³-hybridized carbons (Fsp3) is 0.259. The lowest BCUT2D eigenvalue weighted by atomic mass is 9.96. The van der Waals surface area contributed by atoms with E-state index in [0.717, 1.165) is 29.9 Å². The second kappa shape index (κ2) is 9.33. The lowest BCUT2D eigenvalue weighted by Gasteiger charge is -2.27. The van der Waals surface area contributed by atoms with Crippen molar-refractivity contribution in [2.45, 2.75) is 25.8 Å². The van der Waals surface area contributed by atoms with Crippen LogP contribution in [0.2, 0.25) is 0 Å². The van der Waals surface area contributed by atoms with E-state index >= 15 is 0 Å². The van der Waals surface area contributed by atoms with Crippen LogP contribution in [0.15, 0.2) is 71.5 Å². The number of rotatable bonds is 5. The van der Waals surface area contributed by atoms with E-state index in [-0.39, 0.29) is 10.8 Å². The molecule has 6 heteroatoms. The molecule has 1 aliphatic heterocycles. The molecule has 33 heavy (non-hydrogen) atoms. The summed E-state index contributed by atoms with van der Waals surface area (Å²) in [5.41, 5.74) is 5.67. The second-order valence-electron chi connectivity index (χ2n) is 8.64. The third-order valence-electron chi connectivity index (χ3n) is 6.34. The molecule has 5 rings (SSSR count). The van der Waals surface area contributed by atoms with Gasteiger partial charge in [0, 0.05) is 24.8 Å². The van der Waals surface area contributed by atoms with E-state index in [2.05, 4.69) is 40.5 Å². The largest absolute Gasteiger partial charge is 0.322 e. The molecule has 1 amide bonds. The molecule has 3 aromatic carbocycles. The topological polar surface area (TPSA) is 54.3 Å². The Labute approximate surface area is 197 Å². The van der Waals surface area contributed by atoms with Gasteiger partial charge in [-0.2, -0.15) is 0 Å².